The van der Waals surface area contributed by atoms with Crippen molar-refractivity contribution in [2.24, 2.45) is 5.92 Å². The highest BCUT2D eigenvalue weighted by Crippen LogP contribution is 2.23. The first-order chi connectivity index (χ1) is 10.2. The van der Waals surface area contributed by atoms with Crippen molar-refractivity contribution in [2.75, 3.05) is 46.4 Å². The second-order valence-corrected chi connectivity index (χ2v) is 6.27. The van der Waals surface area contributed by atoms with Gasteiger partial charge < -0.3 is 15.0 Å². The van der Waals surface area contributed by atoms with E-state index in [1.54, 1.807) is 0 Å². The summed E-state index contributed by atoms with van der Waals surface area (Å²) >= 11 is 0. The zero-order valence-corrected chi connectivity index (χ0v) is 13.8. The van der Waals surface area contributed by atoms with E-state index in [9.17, 15) is 4.79 Å². The summed E-state index contributed by atoms with van der Waals surface area (Å²) in [6.07, 6.45) is 3.18. The van der Waals surface area contributed by atoms with Crippen molar-refractivity contribution < 1.29 is 9.53 Å². The van der Waals surface area contributed by atoms with Gasteiger partial charge in [-0.1, -0.05) is 26.7 Å². The first-order valence-electron chi connectivity index (χ1n) is 8.48. The van der Waals surface area contributed by atoms with Gasteiger partial charge in [-0.15, -0.1) is 0 Å². The average Bonchev–Trinajstić information content (AvgIpc) is 3.06. The van der Waals surface area contributed by atoms with Crippen LogP contribution in [-0.2, 0) is 9.53 Å². The van der Waals surface area contributed by atoms with Gasteiger partial charge in [-0.3, -0.25) is 9.69 Å². The SMILES string of the molecule is CCC(CC)C(C(=O)N(C)C1CCNC1)N1CCOCC1. The average molecular weight is 297 g/mol. The summed E-state index contributed by atoms with van der Waals surface area (Å²) in [6.45, 7) is 9.61. The number of likely N-dealkylation sites (N-methyl/N-ethyl adjacent to an activating group) is 1. The van der Waals surface area contributed by atoms with Gasteiger partial charge in [-0.25, -0.2) is 0 Å². The van der Waals surface area contributed by atoms with E-state index < -0.39 is 0 Å². The quantitative estimate of drug-likeness (QED) is 0.793. The van der Waals surface area contributed by atoms with E-state index in [1.165, 1.54) is 0 Å². The van der Waals surface area contributed by atoms with Crippen molar-refractivity contribution in [1.29, 1.82) is 0 Å². The Balaban J connectivity index is 2.10. The summed E-state index contributed by atoms with van der Waals surface area (Å²) < 4.78 is 5.46. The molecule has 2 aliphatic heterocycles. The van der Waals surface area contributed by atoms with Crippen LogP contribution in [0.2, 0.25) is 0 Å². The van der Waals surface area contributed by atoms with E-state index in [4.69, 9.17) is 4.74 Å². The summed E-state index contributed by atoms with van der Waals surface area (Å²) in [5.74, 6) is 0.742. The second-order valence-electron chi connectivity index (χ2n) is 6.27. The number of nitrogens with one attached hydrogen (secondary N) is 1. The van der Waals surface area contributed by atoms with Gasteiger partial charge in [0.1, 0.15) is 0 Å². The number of hydrogen-bond donors (Lipinski definition) is 1. The molecule has 122 valence electrons. The third kappa shape index (κ3) is 3.96. The molecule has 2 atom stereocenters. The molecule has 2 rings (SSSR count). The number of rotatable bonds is 6. The van der Waals surface area contributed by atoms with Crippen LogP contribution in [0.1, 0.15) is 33.1 Å². The highest BCUT2D eigenvalue weighted by Gasteiger charge is 2.36. The van der Waals surface area contributed by atoms with Gasteiger partial charge in [-0.2, -0.15) is 0 Å². The maximum atomic E-state index is 13.1. The lowest BCUT2D eigenvalue weighted by Crippen LogP contribution is -2.56. The van der Waals surface area contributed by atoms with Crippen LogP contribution in [0, 0.1) is 5.92 Å². The highest BCUT2D eigenvalue weighted by molar-refractivity contribution is 5.82. The normalized spacial score (nSPS) is 25.2. The zero-order chi connectivity index (χ0) is 15.2. The minimum Gasteiger partial charge on any atom is -0.379 e. The molecule has 2 unspecified atom stereocenters. The fraction of sp³-hybridized carbons (Fsp3) is 0.938. The number of hydrogen-bond acceptors (Lipinski definition) is 4. The molecule has 2 saturated heterocycles. The number of amides is 1. The first-order valence-corrected chi connectivity index (χ1v) is 8.48. The summed E-state index contributed by atoms with van der Waals surface area (Å²) in [5.41, 5.74) is 0. The van der Waals surface area contributed by atoms with E-state index in [2.05, 4.69) is 24.1 Å². The molecular formula is C16H31N3O2. The molecule has 1 amide bonds. The molecule has 5 heteroatoms. The molecule has 0 saturated carbocycles. The molecule has 0 bridgehead atoms. The summed E-state index contributed by atoms with van der Waals surface area (Å²) in [4.78, 5) is 17.5. The van der Waals surface area contributed by atoms with Crippen molar-refractivity contribution in [2.45, 2.75) is 45.2 Å². The molecule has 5 nitrogen and oxygen atoms in total. The lowest BCUT2D eigenvalue weighted by molar-refractivity contribution is -0.142. The predicted molar refractivity (Wildman–Crippen MR) is 84.3 cm³/mol. The van der Waals surface area contributed by atoms with Crippen molar-refractivity contribution in [3.05, 3.63) is 0 Å². The van der Waals surface area contributed by atoms with Crippen LogP contribution >= 0.6 is 0 Å². The van der Waals surface area contributed by atoms with Gasteiger partial charge in [0.2, 0.25) is 5.91 Å². The predicted octanol–water partition coefficient (Wildman–Crippen LogP) is 0.944. The molecule has 2 heterocycles. The Morgan fingerprint density at radius 2 is 2.00 bits per heavy atom. The van der Waals surface area contributed by atoms with E-state index >= 15 is 0 Å². The van der Waals surface area contributed by atoms with Gasteiger partial charge in [0.25, 0.3) is 0 Å². The Morgan fingerprint density at radius 3 is 2.52 bits per heavy atom. The molecule has 0 spiro atoms. The summed E-state index contributed by atoms with van der Waals surface area (Å²) in [5, 5.41) is 3.36. The lowest BCUT2D eigenvalue weighted by atomic mass is 9.91. The second kappa shape index (κ2) is 8.11. The van der Waals surface area contributed by atoms with E-state index in [-0.39, 0.29) is 6.04 Å². The maximum absolute atomic E-state index is 13.1. The molecular weight excluding hydrogens is 266 g/mol. The fourth-order valence-corrected chi connectivity index (χ4v) is 3.61. The maximum Gasteiger partial charge on any atom is 0.240 e. The Labute approximate surface area is 129 Å². The molecule has 2 aliphatic rings. The van der Waals surface area contributed by atoms with Crippen LogP contribution < -0.4 is 5.32 Å². The minimum absolute atomic E-state index is 0.0227. The van der Waals surface area contributed by atoms with Crippen molar-refractivity contribution >= 4 is 5.91 Å². The van der Waals surface area contributed by atoms with Gasteiger partial charge in [0, 0.05) is 32.7 Å². The van der Waals surface area contributed by atoms with Crippen LogP contribution in [0.15, 0.2) is 0 Å². The molecule has 2 fully saturated rings. The topological polar surface area (TPSA) is 44.8 Å². The van der Waals surface area contributed by atoms with Gasteiger partial charge in [-0.05, 0) is 18.9 Å². The van der Waals surface area contributed by atoms with E-state index in [0.29, 0.717) is 17.9 Å². The smallest absolute Gasteiger partial charge is 0.240 e. The molecule has 0 aromatic rings. The standard InChI is InChI=1S/C16H31N3O2/c1-4-13(5-2)15(19-8-10-21-11-9-19)16(20)18(3)14-6-7-17-12-14/h13-15,17H,4-12H2,1-3H3. The van der Waals surface area contributed by atoms with Crippen molar-refractivity contribution in [3.63, 3.8) is 0 Å². The Kier molecular flexibility index (Phi) is 6.45. The molecule has 0 aromatic carbocycles. The van der Waals surface area contributed by atoms with Crippen LogP contribution in [0.5, 0.6) is 0 Å². The van der Waals surface area contributed by atoms with E-state index in [1.807, 2.05) is 11.9 Å². The minimum atomic E-state index is 0.0227. The fourth-order valence-electron chi connectivity index (χ4n) is 3.61. The number of morpholine rings is 1. The highest BCUT2D eigenvalue weighted by atomic mass is 16.5. The van der Waals surface area contributed by atoms with Crippen molar-refractivity contribution in [1.82, 2.24) is 15.1 Å². The van der Waals surface area contributed by atoms with Crippen molar-refractivity contribution in [3.8, 4) is 0 Å². The van der Waals surface area contributed by atoms with Crippen LogP contribution in [-0.4, -0.2) is 74.2 Å². The largest absolute Gasteiger partial charge is 0.379 e. The van der Waals surface area contributed by atoms with Gasteiger partial charge in [0.15, 0.2) is 0 Å². The first kappa shape index (κ1) is 16.7. The number of carbonyl (C=O) groups is 1. The third-order valence-corrected chi connectivity index (χ3v) is 5.12. The van der Waals surface area contributed by atoms with Crippen LogP contribution in [0.4, 0.5) is 0 Å². The number of ether oxygens (including phenoxy) is 1. The molecule has 0 radical (unpaired) electrons. The van der Waals surface area contributed by atoms with E-state index in [0.717, 1.165) is 58.7 Å². The van der Waals surface area contributed by atoms with Gasteiger partial charge >= 0.3 is 0 Å². The number of nitrogens with zero attached hydrogens (tertiary/aromatic N) is 2. The summed E-state index contributed by atoms with van der Waals surface area (Å²) in [6, 6.07) is 0.380. The Hall–Kier alpha value is -0.650. The molecule has 1 N–H and O–H groups in total. The van der Waals surface area contributed by atoms with Gasteiger partial charge in [0.05, 0.1) is 19.3 Å². The monoisotopic (exact) mass is 297 g/mol. The zero-order valence-electron chi connectivity index (χ0n) is 13.8. The molecule has 21 heavy (non-hydrogen) atoms. The summed E-state index contributed by atoms with van der Waals surface area (Å²) in [7, 11) is 1.98. The third-order valence-electron chi connectivity index (χ3n) is 5.12. The lowest BCUT2D eigenvalue weighted by Gasteiger charge is -2.40. The molecule has 0 aromatic heterocycles. The Morgan fingerprint density at radius 1 is 1.33 bits per heavy atom. The Bertz CT molecular complexity index is 321. The number of carbonyl (C=O) groups excluding carboxylic acids is 1. The van der Waals surface area contributed by atoms with Crippen LogP contribution in [0.25, 0.3) is 0 Å². The molecule has 0 aliphatic carbocycles. The van der Waals surface area contributed by atoms with Crippen LogP contribution in [0.3, 0.4) is 0 Å².